The highest BCUT2D eigenvalue weighted by molar-refractivity contribution is 7.92. The van der Waals surface area contributed by atoms with Gasteiger partial charge in [-0.2, -0.15) is 13.2 Å². The van der Waals surface area contributed by atoms with E-state index >= 15 is 0 Å². The molecule has 0 fully saturated rings. The Kier molecular flexibility index (Phi) is 5.80. The molecule has 0 saturated carbocycles. The van der Waals surface area contributed by atoms with Crippen LogP contribution in [-0.2, 0) is 21.0 Å². The van der Waals surface area contributed by atoms with Crippen molar-refractivity contribution in [3.8, 4) is 11.1 Å². The molecule has 0 radical (unpaired) electrons. The molecule has 7 nitrogen and oxygen atoms in total. The van der Waals surface area contributed by atoms with E-state index in [1.54, 1.807) is 24.4 Å². The van der Waals surface area contributed by atoms with Crippen LogP contribution in [0, 0.1) is 0 Å². The zero-order chi connectivity index (χ0) is 23.8. The standard InChI is InChI=1S/C21H15F3N4O3S2/c1-12(29)26-20-27-18-7-2-13(9-19(18)32-20)14-8-16(11-25-10-14)28-33(30,31)17-5-3-15(4-6-17)21(22,23)24/h2-11,28H,1H3,(H,26,27,29). The summed E-state index contributed by atoms with van der Waals surface area (Å²) < 4.78 is 66.6. The van der Waals surface area contributed by atoms with Gasteiger partial charge in [-0.05, 0) is 48.0 Å². The number of thiazole rings is 1. The maximum Gasteiger partial charge on any atom is 0.416 e. The number of carbonyl (C=O) groups excluding carboxylic acids is 1. The molecule has 0 aliphatic heterocycles. The summed E-state index contributed by atoms with van der Waals surface area (Å²) in [6.45, 7) is 1.39. The second-order valence-electron chi connectivity index (χ2n) is 6.97. The smallest absolute Gasteiger partial charge is 0.302 e. The number of halogens is 3. The lowest BCUT2D eigenvalue weighted by atomic mass is 10.1. The van der Waals surface area contributed by atoms with Crippen molar-refractivity contribution in [1.82, 2.24) is 9.97 Å². The Bertz CT molecular complexity index is 1450. The number of fused-ring (bicyclic) bond motifs is 1. The molecule has 0 atom stereocenters. The van der Waals surface area contributed by atoms with Crippen LogP contribution in [0.25, 0.3) is 21.3 Å². The van der Waals surface area contributed by atoms with E-state index in [-0.39, 0.29) is 16.5 Å². The van der Waals surface area contributed by atoms with E-state index < -0.39 is 21.8 Å². The quantitative estimate of drug-likeness (QED) is 0.402. The third-order valence-corrected chi connectivity index (χ3v) is 6.82. The van der Waals surface area contributed by atoms with Gasteiger partial charge in [-0.1, -0.05) is 17.4 Å². The summed E-state index contributed by atoms with van der Waals surface area (Å²) in [6, 6.07) is 10.2. The fraction of sp³-hybridized carbons (Fsp3) is 0.0952. The predicted octanol–water partition coefficient (Wildman–Crippen LogP) is 5.14. The van der Waals surface area contributed by atoms with Gasteiger partial charge in [0.25, 0.3) is 10.0 Å². The molecule has 2 N–H and O–H groups in total. The van der Waals surface area contributed by atoms with Gasteiger partial charge >= 0.3 is 6.18 Å². The van der Waals surface area contributed by atoms with Crippen molar-refractivity contribution in [2.24, 2.45) is 0 Å². The molecule has 0 saturated heterocycles. The molecule has 0 unspecified atom stereocenters. The third kappa shape index (κ3) is 5.12. The number of pyridine rings is 1. The number of alkyl halides is 3. The first-order chi connectivity index (χ1) is 15.5. The molecule has 0 aliphatic rings. The Hall–Kier alpha value is -3.51. The Morgan fingerprint density at radius 2 is 1.73 bits per heavy atom. The molecule has 4 aromatic rings. The van der Waals surface area contributed by atoms with Gasteiger partial charge in [-0.15, -0.1) is 0 Å². The molecule has 0 bridgehead atoms. The first-order valence-corrected chi connectivity index (χ1v) is 11.6. The fourth-order valence-corrected chi connectivity index (χ4v) is 4.98. The van der Waals surface area contributed by atoms with Gasteiger partial charge in [-0.3, -0.25) is 14.5 Å². The lowest BCUT2D eigenvalue weighted by Crippen LogP contribution is -2.14. The number of nitrogens with one attached hydrogen (secondary N) is 2. The molecule has 12 heteroatoms. The highest BCUT2D eigenvalue weighted by Gasteiger charge is 2.30. The van der Waals surface area contributed by atoms with Crippen LogP contribution in [0.4, 0.5) is 24.0 Å². The van der Waals surface area contributed by atoms with Gasteiger partial charge < -0.3 is 5.32 Å². The zero-order valence-electron chi connectivity index (χ0n) is 16.8. The van der Waals surface area contributed by atoms with Crippen LogP contribution < -0.4 is 10.0 Å². The number of sulfonamides is 1. The molecule has 1 amide bonds. The van der Waals surface area contributed by atoms with Crippen LogP contribution >= 0.6 is 11.3 Å². The molecule has 2 aromatic carbocycles. The summed E-state index contributed by atoms with van der Waals surface area (Å²) in [5, 5.41) is 3.10. The summed E-state index contributed by atoms with van der Waals surface area (Å²) in [5.41, 5.74) is 1.25. The van der Waals surface area contributed by atoms with Crippen molar-refractivity contribution in [2.75, 3.05) is 10.0 Å². The van der Waals surface area contributed by atoms with Crippen LogP contribution in [0.2, 0.25) is 0 Å². The molecular formula is C21H15F3N4O3S2. The minimum Gasteiger partial charge on any atom is -0.302 e. The van der Waals surface area contributed by atoms with Gasteiger partial charge in [0.2, 0.25) is 5.91 Å². The van der Waals surface area contributed by atoms with Gasteiger partial charge in [-0.25, -0.2) is 13.4 Å². The minimum atomic E-state index is -4.56. The van der Waals surface area contributed by atoms with Crippen molar-refractivity contribution >= 4 is 48.3 Å². The van der Waals surface area contributed by atoms with Crippen molar-refractivity contribution < 1.29 is 26.4 Å². The number of hydrogen-bond donors (Lipinski definition) is 2. The average molecular weight is 493 g/mol. The number of anilines is 2. The number of carbonyl (C=O) groups is 1. The molecule has 170 valence electrons. The summed E-state index contributed by atoms with van der Waals surface area (Å²) in [7, 11) is -4.12. The summed E-state index contributed by atoms with van der Waals surface area (Å²) in [5.74, 6) is -0.230. The van der Waals surface area contributed by atoms with Crippen molar-refractivity contribution in [1.29, 1.82) is 0 Å². The summed E-state index contributed by atoms with van der Waals surface area (Å²) >= 11 is 1.29. The predicted molar refractivity (Wildman–Crippen MR) is 119 cm³/mol. The van der Waals surface area contributed by atoms with Crippen LogP contribution in [0.5, 0.6) is 0 Å². The first-order valence-electron chi connectivity index (χ1n) is 9.35. The first kappa shape index (κ1) is 22.7. The molecule has 0 spiro atoms. The van der Waals surface area contributed by atoms with E-state index in [9.17, 15) is 26.4 Å². The third-order valence-electron chi connectivity index (χ3n) is 4.49. The Morgan fingerprint density at radius 3 is 2.39 bits per heavy atom. The Labute approximate surface area is 190 Å². The van der Waals surface area contributed by atoms with Crippen LogP contribution in [0.15, 0.2) is 65.8 Å². The van der Waals surface area contributed by atoms with Gasteiger partial charge in [0.1, 0.15) is 0 Å². The second-order valence-corrected chi connectivity index (χ2v) is 9.69. The van der Waals surface area contributed by atoms with Gasteiger partial charge in [0.15, 0.2) is 5.13 Å². The summed E-state index contributed by atoms with van der Waals surface area (Å²) in [4.78, 5) is 19.3. The number of hydrogen-bond acceptors (Lipinski definition) is 6. The molecule has 2 aromatic heterocycles. The van der Waals surface area contributed by atoms with Crippen LogP contribution in [0.1, 0.15) is 12.5 Å². The van der Waals surface area contributed by atoms with E-state index in [4.69, 9.17) is 0 Å². The van der Waals surface area contributed by atoms with Gasteiger partial charge in [0, 0.05) is 18.7 Å². The maximum absolute atomic E-state index is 12.7. The molecule has 2 heterocycles. The molecular weight excluding hydrogens is 477 g/mol. The van der Waals surface area contributed by atoms with E-state index in [0.717, 1.165) is 22.4 Å². The summed E-state index contributed by atoms with van der Waals surface area (Å²) in [6.07, 6.45) is -1.71. The van der Waals surface area contributed by atoms with E-state index in [1.165, 1.54) is 24.5 Å². The second kappa shape index (κ2) is 8.45. The Balaban J connectivity index is 1.59. The SMILES string of the molecule is CC(=O)Nc1nc2ccc(-c3cncc(NS(=O)(=O)c4ccc(C(F)(F)F)cc4)c3)cc2s1. The maximum atomic E-state index is 12.7. The van der Waals surface area contributed by atoms with Crippen molar-refractivity contribution in [3.63, 3.8) is 0 Å². The average Bonchev–Trinajstić information content (AvgIpc) is 3.13. The van der Waals surface area contributed by atoms with Crippen LogP contribution in [-0.4, -0.2) is 24.3 Å². The minimum absolute atomic E-state index is 0.149. The van der Waals surface area contributed by atoms with E-state index in [1.807, 2.05) is 6.07 Å². The topological polar surface area (TPSA) is 101 Å². The number of nitrogens with zero attached hydrogens (tertiary/aromatic N) is 2. The number of benzene rings is 2. The van der Waals surface area contributed by atoms with E-state index in [0.29, 0.717) is 28.3 Å². The van der Waals surface area contributed by atoms with Crippen LogP contribution in [0.3, 0.4) is 0 Å². The highest BCUT2D eigenvalue weighted by atomic mass is 32.2. The number of aromatic nitrogens is 2. The highest BCUT2D eigenvalue weighted by Crippen LogP contribution is 2.32. The molecule has 0 aliphatic carbocycles. The lowest BCUT2D eigenvalue weighted by Gasteiger charge is -2.11. The lowest BCUT2D eigenvalue weighted by molar-refractivity contribution is -0.137. The monoisotopic (exact) mass is 492 g/mol. The normalized spacial score (nSPS) is 12.0. The largest absolute Gasteiger partial charge is 0.416 e. The van der Waals surface area contributed by atoms with E-state index in [2.05, 4.69) is 20.0 Å². The number of amides is 1. The van der Waals surface area contributed by atoms with Gasteiger partial charge in [0.05, 0.1) is 32.6 Å². The zero-order valence-corrected chi connectivity index (χ0v) is 18.5. The number of rotatable bonds is 5. The van der Waals surface area contributed by atoms with Crippen molar-refractivity contribution in [2.45, 2.75) is 18.0 Å². The van der Waals surface area contributed by atoms with Crippen molar-refractivity contribution in [3.05, 3.63) is 66.5 Å². The molecule has 4 rings (SSSR count). The Morgan fingerprint density at radius 1 is 1.00 bits per heavy atom. The fourth-order valence-electron chi connectivity index (χ4n) is 3.00. The molecule has 33 heavy (non-hydrogen) atoms.